The Labute approximate surface area is 344 Å². The first-order valence-electron chi connectivity index (χ1n) is 19.9. The van der Waals surface area contributed by atoms with Crippen LogP contribution in [0.3, 0.4) is 0 Å². The van der Waals surface area contributed by atoms with Gasteiger partial charge in [0.15, 0.2) is 0 Å². The molecule has 1 amide bonds. The highest BCUT2D eigenvalue weighted by Crippen LogP contribution is 2.55. The van der Waals surface area contributed by atoms with Crippen LogP contribution in [0.4, 0.5) is 10.1 Å². The van der Waals surface area contributed by atoms with Crippen LogP contribution in [0.15, 0.2) is 54.6 Å². The monoisotopic (exact) mass is 810 g/mol. The number of amides is 1. The number of nitrogens with zero attached hydrogens (tertiary/aromatic N) is 2. The zero-order chi connectivity index (χ0) is 41.2. The fourth-order valence-corrected chi connectivity index (χ4v) is 9.53. The van der Waals surface area contributed by atoms with Crippen LogP contribution in [0.1, 0.15) is 79.3 Å². The summed E-state index contributed by atoms with van der Waals surface area (Å²) in [6, 6.07) is 17.0. The normalized spacial score (nSPS) is 21.2. The first-order valence-corrected chi connectivity index (χ1v) is 20.3. The van der Waals surface area contributed by atoms with E-state index in [4.69, 9.17) is 31.5 Å². The van der Waals surface area contributed by atoms with Gasteiger partial charge in [-0.05, 0) is 111 Å². The molecule has 4 fully saturated rings. The van der Waals surface area contributed by atoms with Crippen LogP contribution < -0.4 is 25.4 Å². The molecule has 11 nitrogen and oxygen atoms in total. The number of nitrogens with one attached hydrogen (secondary N) is 4. The van der Waals surface area contributed by atoms with Gasteiger partial charge in [0.05, 0.1) is 36.9 Å². The largest absolute Gasteiger partial charge is 0.496 e. The summed E-state index contributed by atoms with van der Waals surface area (Å²) in [4.78, 5) is 30.7. The van der Waals surface area contributed by atoms with Crippen molar-refractivity contribution >= 4 is 35.4 Å². The summed E-state index contributed by atoms with van der Waals surface area (Å²) in [5.74, 6) is -0.0848. The molecular weight excluding hydrogens is 759 g/mol. The molecule has 2 bridgehead atoms. The lowest BCUT2D eigenvalue weighted by atomic mass is 9.57. The van der Waals surface area contributed by atoms with Crippen molar-refractivity contribution in [2.45, 2.75) is 89.5 Å². The topological polar surface area (TPSA) is 149 Å². The number of hydrogen-bond donors (Lipinski definition) is 5. The summed E-state index contributed by atoms with van der Waals surface area (Å²) in [7, 11) is 5.23. The molecule has 3 aliphatic carbocycles. The van der Waals surface area contributed by atoms with Gasteiger partial charge in [0.2, 0.25) is 11.8 Å². The lowest BCUT2D eigenvalue weighted by molar-refractivity contribution is -0.160. The Morgan fingerprint density at radius 1 is 1.05 bits per heavy atom. The molecule has 1 aliphatic heterocycles. The highest BCUT2D eigenvalue weighted by atomic mass is 35.5. The third kappa shape index (κ3) is 8.02. The first kappa shape index (κ1) is 41.1. The number of rotatable bonds is 16. The molecule has 8 rings (SSSR count). The fourth-order valence-electron chi connectivity index (χ4n) is 9.29. The van der Waals surface area contributed by atoms with Gasteiger partial charge in [0.25, 0.3) is 0 Å². The predicted octanol–water partition coefficient (Wildman–Crippen LogP) is 8.12. The van der Waals surface area contributed by atoms with E-state index < -0.39 is 11.4 Å². The Morgan fingerprint density at radius 2 is 1.76 bits per heavy atom. The van der Waals surface area contributed by atoms with E-state index >= 15 is 4.39 Å². The number of ether oxygens (including phenoxy) is 2. The number of aliphatic carboxylic acids is 1. The summed E-state index contributed by atoms with van der Waals surface area (Å²) in [5.41, 5.74) is 6.85. The quantitative estimate of drug-likeness (QED) is 0.0708. The standard InChI is InChI=1S/C45H52ClFN6O5/c1-27-31(28-20-37(47)35(40(21-28)57-3)24-49-23-30-11-12-41(54)51-30)7-5-8-32(27)33-9-6-10-38(34(33)22-48)50-25-39-36(46)19-29(42(52-39)58-4)26-53(2)45-16-13-44(14-17-45,15-18-45)43(55)56/h5-10,19-22,30,48-50H,11-18,23-26H2,1-4H3,(H,51,54)(H,55,56). The van der Waals surface area contributed by atoms with Gasteiger partial charge in [0.1, 0.15) is 11.6 Å². The van der Waals surface area contributed by atoms with Crippen molar-refractivity contribution in [3.8, 4) is 33.9 Å². The predicted molar refractivity (Wildman–Crippen MR) is 224 cm³/mol. The molecule has 4 aromatic rings. The van der Waals surface area contributed by atoms with Crippen LogP contribution >= 0.6 is 11.6 Å². The Bertz CT molecular complexity index is 2210. The van der Waals surface area contributed by atoms with Crippen LogP contribution in [0.5, 0.6) is 11.6 Å². The zero-order valence-corrected chi connectivity index (χ0v) is 34.3. The van der Waals surface area contributed by atoms with E-state index in [0.717, 1.165) is 59.2 Å². The number of halogens is 2. The molecule has 13 heteroatoms. The molecule has 0 radical (unpaired) electrons. The molecule has 5 N–H and O–H groups in total. The van der Waals surface area contributed by atoms with Crippen LogP contribution in [-0.4, -0.2) is 72.5 Å². The highest BCUT2D eigenvalue weighted by Gasteiger charge is 2.54. The molecule has 3 saturated carbocycles. The van der Waals surface area contributed by atoms with Crippen LogP contribution in [0.25, 0.3) is 22.3 Å². The van der Waals surface area contributed by atoms with E-state index in [1.807, 2.05) is 55.5 Å². The molecule has 1 saturated heterocycles. The molecule has 2 heterocycles. The lowest BCUT2D eigenvalue weighted by Crippen LogP contribution is -2.56. The van der Waals surface area contributed by atoms with E-state index in [0.29, 0.717) is 77.8 Å². The zero-order valence-electron chi connectivity index (χ0n) is 33.6. The van der Waals surface area contributed by atoms with Gasteiger partial charge in [-0.2, -0.15) is 0 Å². The summed E-state index contributed by atoms with van der Waals surface area (Å²) >= 11 is 6.88. The minimum Gasteiger partial charge on any atom is -0.496 e. The van der Waals surface area contributed by atoms with E-state index in [2.05, 4.69) is 27.9 Å². The minimum absolute atomic E-state index is 0.0357. The van der Waals surface area contributed by atoms with Gasteiger partial charge < -0.3 is 35.9 Å². The van der Waals surface area contributed by atoms with Crippen molar-refractivity contribution in [1.82, 2.24) is 20.5 Å². The van der Waals surface area contributed by atoms with Gasteiger partial charge in [-0.25, -0.2) is 9.37 Å². The molecule has 0 spiro atoms. The van der Waals surface area contributed by atoms with E-state index in [-0.39, 0.29) is 36.4 Å². The Balaban J connectivity index is 1.07. The molecule has 1 unspecified atom stereocenters. The van der Waals surface area contributed by atoms with Gasteiger partial charge >= 0.3 is 5.97 Å². The average Bonchev–Trinajstić information content (AvgIpc) is 3.65. The molecule has 58 heavy (non-hydrogen) atoms. The number of carboxylic acid groups (broad SMARTS) is 1. The highest BCUT2D eigenvalue weighted by molar-refractivity contribution is 6.31. The summed E-state index contributed by atoms with van der Waals surface area (Å²) < 4.78 is 27.2. The maximum Gasteiger partial charge on any atom is 0.309 e. The van der Waals surface area contributed by atoms with Crippen LogP contribution in [-0.2, 0) is 29.2 Å². The lowest BCUT2D eigenvalue weighted by Gasteiger charge is -2.55. The average molecular weight is 811 g/mol. The van der Waals surface area contributed by atoms with E-state index in [1.54, 1.807) is 7.11 Å². The van der Waals surface area contributed by atoms with Crippen molar-refractivity contribution in [2.75, 3.05) is 33.1 Å². The third-order valence-electron chi connectivity index (χ3n) is 12.9. The summed E-state index contributed by atoms with van der Waals surface area (Å²) in [6.07, 6.45) is 7.24. The fraction of sp³-hybridized carbons (Fsp3) is 0.422. The maximum absolute atomic E-state index is 15.7. The van der Waals surface area contributed by atoms with Gasteiger partial charge in [-0.1, -0.05) is 41.9 Å². The number of carbonyl (C=O) groups is 2. The second kappa shape index (κ2) is 17.1. The maximum atomic E-state index is 15.7. The second-order valence-electron chi connectivity index (χ2n) is 16.1. The van der Waals surface area contributed by atoms with Crippen LogP contribution in [0, 0.1) is 23.6 Å². The number of carboxylic acids is 1. The number of hydrogen-bond acceptors (Lipinski definition) is 9. The van der Waals surface area contributed by atoms with E-state index in [9.17, 15) is 14.7 Å². The number of methoxy groups -OCH3 is 2. The van der Waals surface area contributed by atoms with Crippen molar-refractivity contribution in [3.63, 3.8) is 0 Å². The Morgan fingerprint density at radius 3 is 2.41 bits per heavy atom. The molecule has 306 valence electrons. The van der Waals surface area contributed by atoms with Crippen molar-refractivity contribution in [3.05, 3.63) is 93.4 Å². The number of fused-ring (bicyclic) bond motifs is 3. The molecule has 3 aromatic carbocycles. The smallest absolute Gasteiger partial charge is 0.309 e. The second-order valence-corrected chi connectivity index (χ2v) is 16.5. The number of pyridine rings is 1. The Hall–Kier alpha value is -5.04. The van der Waals surface area contributed by atoms with Crippen molar-refractivity contribution in [2.24, 2.45) is 5.41 Å². The van der Waals surface area contributed by atoms with Gasteiger partial charge in [-0.15, -0.1) is 0 Å². The third-order valence-corrected chi connectivity index (χ3v) is 13.3. The summed E-state index contributed by atoms with van der Waals surface area (Å²) in [6.45, 7) is 3.66. The molecule has 1 aromatic heterocycles. The first-order chi connectivity index (χ1) is 27.9. The number of benzene rings is 3. The number of anilines is 1. The number of aromatic nitrogens is 1. The number of carbonyl (C=O) groups excluding carboxylic acids is 1. The SMILES string of the molecule is COc1cc(-c2cccc(-c3cccc(NCc4nc(OC)c(CN(C)C56CCC(C(=O)O)(CC5)CC6)cc4Cl)c3C=N)c2C)cc(F)c1CNCC1CCC(=O)N1. The van der Waals surface area contributed by atoms with Crippen molar-refractivity contribution in [1.29, 1.82) is 5.41 Å². The van der Waals surface area contributed by atoms with E-state index in [1.165, 1.54) is 19.4 Å². The minimum atomic E-state index is -0.662. The van der Waals surface area contributed by atoms with Gasteiger partial charge in [0, 0.05) is 66.2 Å². The van der Waals surface area contributed by atoms with Crippen molar-refractivity contribution < 1.29 is 28.6 Å². The Kier molecular flexibility index (Phi) is 12.1. The van der Waals surface area contributed by atoms with Gasteiger partial charge in [-0.3, -0.25) is 14.5 Å². The summed E-state index contributed by atoms with van der Waals surface area (Å²) in [5, 5.41) is 28.5. The van der Waals surface area contributed by atoms with Crippen LogP contribution in [0.2, 0.25) is 5.02 Å². The molecule has 1 atom stereocenters. The molecule has 4 aliphatic rings. The molecular formula is C45H52ClFN6O5.